The smallest absolute Gasteiger partial charge is 0.0517 e. The molecule has 53 heavy (non-hydrogen) atoms. The third-order valence-electron chi connectivity index (χ3n) is 12.2. The summed E-state index contributed by atoms with van der Waals surface area (Å²) in [5.74, 6) is 0. The fraction of sp³-hybridized carbons (Fsp3) is 0.176. The highest BCUT2D eigenvalue weighted by atomic mass is 15.3. The van der Waals surface area contributed by atoms with Gasteiger partial charge >= 0.3 is 0 Å². The molecule has 1 heterocycles. The van der Waals surface area contributed by atoms with Crippen molar-refractivity contribution in [3.05, 3.63) is 187 Å². The van der Waals surface area contributed by atoms with Gasteiger partial charge in [0.15, 0.2) is 0 Å². The van der Waals surface area contributed by atoms with Gasteiger partial charge in [0.1, 0.15) is 0 Å². The van der Waals surface area contributed by atoms with E-state index in [0.29, 0.717) is 0 Å². The highest BCUT2D eigenvalue weighted by Crippen LogP contribution is 2.61. The van der Waals surface area contributed by atoms with Gasteiger partial charge in [-0.2, -0.15) is 0 Å². The number of aryl methyl sites for hydroxylation is 1. The van der Waals surface area contributed by atoms with Crippen molar-refractivity contribution in [2.24, 2.45) is 0 Å². The maximum atomic E-state index is 2.71. The van der Waals surface area contributed by atoms with E-state index in [1.54, 1.807) is 0 Å². The Balaban J connectivity index is 1.22. The third kappa shape index (κ3) is 5.74. The van der Waals surface area contributed by atoms with Crippen LogP contribution in [0.25, 0.3) is 33.4 Å². The Bertz CT molecular complexity index is 2320. The summed E-state index contributed by atoms with van der Waals surface area (Å²) in [6.07, 6.45) is 4.85. The standard InChI is InChI=1S/C51H46N2/c1-37-31-46(36-47(32-37)53-49-28-27-43(40-21-11-6-12-22-40)35-48(49)50(2)29-13-14-30-51(50,53)3)52(44-25-15-23-41(33-44)38-17-7-4-8-18-38)45-26-16-24-42(34-45)39-19-9-5-10-20-39/h4-12,15-28,31-36H,13-14,29-30H2,1-3H3. The summed E-state index contributed by atoms with van der Waals surface area (Å²) in [7, 11) is 0. The second-order valence-corrected chi connectivity index (χ2v) is 15.4. The Kier molecular flexibility index (Phi) is 8.27. The molecule has 2 aliphatic rings. The van der Waals surface area contributed by atoms with Gasteiger partial charge < -0.3 is 9.80 Å². The first kappa shape index (κ1) is 33.0. The Morgan fingerprint density at radius 3 is 1.53 bits per heavy atom. The Morgan fingerprint density at radius 1 is 0.453 bits per heavy atom. The molecule has 0 aromatic heterocycles. The molecule has 7 aromatic rings. The lowest BCUT2D eigenvalue weighted by atomic mass is 9.61. The van der Waals surface area contributed by atoms with Gasteiger partial charge in [-0.05, 0) is 126 Å². The molecule has 7 aromatic carbocycles. The van der Waals surface area contributed by atoms with Gasteiger partial charge in [-0.1, -0.05) is 141 Å². The number of fused-ring (bicyclic) bond motifs is 3. The Morgan fingerprint density at radius 2 is 0.962 bits per heavy atom. The second-order valence-electron chi connectivity index (χ2n) is 15.4. The molecule has 1 aliphatic heterocycles. The molecule has 0 saturated heterocycles. The van der Waals surface area contributed by atoms with E-state index in [4.69, 9.17) is 0 Å². The third-order valence-corrected chi connectivity index (χ3v) is 12.2. The number of hydrogen-bond acceptors (Lipinski definition) is 2. The van der Waals surface area contributed by atoms with Crippen molar-refractivity contribution in [3.8, 4) is 33.4 Å². The summed E-state index contributed by atoms with van der Waals surface area (Å²) in [5.41, 5.74) is 16.1. The fourth-order valence-electron chi connectivity index (χ4n) is 9.31. The Labute approximate surface area is 315 Å². The first-order valence-corrected chi connectivity index (χ1v) is 19.1. The Hall–Kier alpha value is -5.86. The van der Waals surface area contributed by atoms with Crippen LogP contribution in [0.3, 0.4) is 0 Å². The van der Waals surface area contributed by atoms with Crippen LogP contribution in [0.1, 0.15) is 50.7 Å². The summed E-state index contributed by atoms with van der Waals surface area (Å²) in [4.78, 5) is 5.17. The summed E-state index contributed by atoms with van der Waals surface area (Å²) >= 11 is 0. The topological polar surface area (TPSA) is 6.48 Å². The zero-order valence-corrected chi connectivity index (χ0v) is 31.0. The van der Waals surface area contributed by atoms with Crippen molar-refractivity contribution >= 4 is 28.4 Å². The molecule has 0 spiro atoms. The highest BCUT2D eigenvalue weighted by molar-refractivity contribution is 5.86. The minimum absolute atomic E-state index is 0.0308. The van der Waals surface area contributed by atoms with Gasteiger partial charge in [0, 0.05) is 33.9 Å². The molecule has 1 aliphatic carbocycles. The molecular formula is C51H46N2. The molecule has 0 bridgehead atoms. The number of hydrogen-bond donors (Lipinski definition) is 0. The van der Waals surface area contributed by atoms with Crippen molar-refractivity contribution in [2.75, 3.05) is 9.80 Å². The van der Waals surface area contributed by atoms with Crippen molar-refractivity contribution in [1.82, 2.24) is 0 Å². The lowest BCUT2D eigenvalue weighted by molar-refractivity contribution is 0.195. The summed E-state index contributed by atoms with van der Waals surface area (Å²) in [6, 6.07) is 64.7. The van der Waals surface area contributed by atoms with E-state index in [0.717, 1.165) is 23.5 Å². The zero-order chi connectivity index (χ0) is 36.0. The number of anilines is 5. The van der Waals surface area contributed by atoms with Crippen LogP contribution in [0.2, 0.25) is 0 Å². The van der Waals surface area contributed by atoms with Crippen LogP contribution in [0.4, 0.5) is 28.4 Å². The molecule has 2 atom stereocenters. The van der Waals surface area contributed by atoms with Crippen molar-refractivity contribution < 1.29 is 0 Å². The average molecular weight is 687 g/mol. The van der Waals surface area contributed by atoms with Crippen LogP contribution in [-0.4, -0.2) is 5.54 Å². The summed E-state index contributed by atoms with van der Waals surface area (Å²) < 4.78 is 0. The van der Waals surface area contributed by atoms with Crippen LogP contribution in [0.15, 0.2) is 176 Å². The van der Waals surface area contributed by atoms with Gasteiger partial charge in [-0.25, -0.2) is 0 Å². The second kappa shape index (κ2) is 13.3. The van der Waals surface area contributed by atoms with Crippen LogP contribution in [0.5, 0.6) is 0 Å². The van der Waals surface area contributed by atoms with E-state index in [1.807, 2.05) is 0 Å². The van der Waals surface area contributed by atoms with E-state index in [9.17, 15) is 0 Å². The number of rotatable bonds is 7. The number of nitrogens with zero attached hydrogens (tertiary/aromatic N) is 2. The first-order valence-electron chi connectivity index (χ1n) is 19.1. The maximum Gasteiger partial charge on any atom is 0.0517 e. The molecule has 9 rings (SSSR count). The molecule has 260 valence electrons. The normalized spacial score (nSPS) is 19.0. The lowest BCUT2D eigenvalue weighted by Crippen LogP contribution is -2.54. The zero-order valence-electron chi connectivity index (χ0n) is 31.0. The van der Waals surface area contributed by atoms with Gasteiger partial charge in [0.05, 0.1) is 5.54 Å². The summed E-state index contributed by atoms with van der Waals surface area (Å²) in [6.45, 7) is 7.32. The van der Waals surface area contributed by atoms with E-state index in [2.05, 4.69) is 206 Å². The predicted molar refractivity (Wildman–Crippen MR) is 225 cm³/mol. The van der Waals surface area contributed by atoms with E-state index >= 15 is 0 Å². The maximum absolute atomic E-state index is 2.71. The molecule has 2 heteroatoms. The lowest BCUT2D eigenvalue weighted by Gasteiger charge is -2.50. The largest absolute Gasteiger partial charge is 0.334 e. The monoisotopic (exact) mass is 686 g/mol. The molecule has 0 N–H and O–H groups in total. The van der Waals surface area contributed by atoms with E-state index in [1.165, 1.54) is 75.1 Å². The van der Waals surface area contributed by atoms with E-state index < -0.39 is 0 Å². The van der Waals surface area contributed by atoms with Crippen LogP contribution in [0, 0.1) is 6.92 Å². The molecule has 0 radical (unpaired) electrons. The molecule has 2 nitrogen and oxygen atoms in total. The van der Waals surface area contributed by atoms with Crippen molar-refractivity contribution in [3.63, 3.8) is 0 Å². The molecule has 2 unspecified atom stereocenters. The quantitative estimate of drug-likeness (QED) is 0.165. The molecular weight excluding hydrogens is 641 g/mol. The van der Waals surface area contributed by atoms with E-state index in [-0.39, 0.29) is 11.0 Å². The van der Waals surface area contributed by atoms with Gasteiger partial charge in [0.2, 0.25) is 0 Å². The highest BCUT2D eigenvalue weighted by Gasteiger charge is 2.57. The predicted octanol–water partition coefficient (Wildman–Crippen LogP) is 14.2. The number of benzene rings is 7. The molecule has 1 fully saturated rings. The fourth-order valence-corrected chi connectivity index (χ4v) is 9.31. The van der Waals surface area contributed by atoms with Gasteiger partial charge in [0.25, 0.3) is 0 Å². The SMILES string of the molecule is Cc1cc(N(c2cccc(-c3ccccc3)c2)c2cccc(-c3ccccc3)c2)cc(N2c3ccc(-c4ccccc4)cc3C3(C)CCCCC23C)c1. The minimum atomic E-state index is -0.0563. The molecule has 0 amide bonds. The van der Waals surface area contributed by atoms with Crippen LogP contribution >= 0.6 is 0 Å². The van der Waals surface area contributed by atoms with Crippen LogP contribution < -0.4 is 9.80 Å². The van der Waals surface area contributed by atoms with Crippen LogP contribution in [-0.2, 0) is 5.41 Å². The average Bonchev–Trinajstić information content (AvgIpc) is 3.41. The molecule has 1 saturated carbocycles. The first-order chi connectivity index (χ1) is 25.9. The summed E-state index contributed by atoms with van der Waals surface area (Å²) in [5, 5.41) is 0. The van der Waals surface area contributed by atoms with Gasteiger partial charge in [-0.15, -0.1) is 0 Å². The van der Waals surface area contributed by atoms with Gasteiger partial charge in [-0.3, -0.25) is 0 Å². The van der Waals surface area contributed by atoms with Crippen molar-refractivity contribution in [1.29, 1.82) is 0 Å². The minimum Gasteiger partial charge on any atom is -0.334 e. The van der Waals surface area contributed by atoms with Crippen molar-refractivity contribution in [2.45, 2.75) is 57.4 Å².